The summed E-state index contributed by atoms with van der Waals surface area (Å²) in [5, 5.41) is 0. The van der Waals surface area contributed by atoms with E-state index < -0.39 is 0 Å². The second-order valence-corrected chi connectivity index (χ2v) is 5.58. The molecule has 0 unspecified atom stereocenters. The van der Waals surface area contributed by atoms with Crippen LogP contribution in [0.3, 0.4) is 0 Å². The van der Waals surface area contributed by atoms with Crippen LogP contribution < -0.4 is 0 Å². The van der Waals surface area contributed by atoms with Gasteiger partial charge in [0.1, 0.15) is 0 Å². The molecule has 0 amide bonds. The lowest BCUT2D eigenvalue weighted by molar-refractivity contribution is 1.31. The Labute approximate surface area is 155 Å². The zero-order valence-corrected chi connectivity index (χ0v) is 15.1. The first kappa shape index (κ1) is 18.4. The van der Waals surface area contributed by atoms with E-state index in [0.29, 0.717) is 0 Å². The van der Waals surface area contributed by atoms with Crippen LogP contribution in [0.1, 0.15) is 0 Å². The molecule has 0 aliphatic heterocycles. The van der Waals surface area contributed by atoms with E-state index in [-0.39, 0.29) is 0 Å². The predicted octanol–water partition coefficient (Wildman–Crippen LogP) is 5.07. The zero-order valence-electron chi connectivity index (χ0n) is 13.5. The molecule has 0 bridgehead atoms. The van der Waals surface area contributed by atoms with Crippen LogP contribution in [0.5, 0.6) is 0 Å². The van der Waals surface area contributed by atoms with Crippen LogP contribution >= 0.6 is 15.9 Å². The number of hydrogen-bond acceptors (Lipinski definition) is 4. The van der Waals surface area contributed by atoms with Crippen molar-refractivity contribution in [2.75, 3.05) is 0 Å². The Morgan fingerprint density at radius 3 is 1.04 bits per heavy atom. The van der Waals surface area contributed by atoms with Gasteiger partial charge in [0, 0.05) is 54.0 Å². The van der Waals surface area contributed by atoms with Gasteiger partial charge in [-0.1, -0.05) is 22.0 Å². The Morgan fingerprint density at radius 1 is 0.440 bits per heavy atom. The third kappa shape index (κ3) is 7.94. The monoisotopic (exact) mass is 392 g/mol. The van der Waals surface area contributed by atoms with E-state index in [1.807, 2.05) is 54.6 Å². The highest BCUT2D eigenvalue weighted by Gasteiger charge is 1.92. The summed E-state index contributed by atoms with van der Waals surface area (Å²) in [6.45, 7) is 0. The van der Waals surface area contributed by atoms with Crippen molar-refractivity contribution in [2.24, 2.45) is 0 Å². The minimum Gasteiger partial charge on any atom is -0.265 e. The second-order valence-electron chi connectivity index (χ2n) is 4.66. The van der Waals surface area contributed by atoms with Gasteiger partial charge in [-0.25, -0.2) is 0 Å². The lowest BCUT2D eigenvalue weighted by Crippen LogP contribution is -1.77. The Balaban J connectivity index is 0.000000148. The molecule has 5 heteroatoms. The summed E-state index contributed by atoms with van der Waals surface area (Å²) in [6.07, 6.45) is 14.1. The van der Waals surface area contributed by atoms with Gasteiger partial charge in [-0.2, -0.15) is 0 Å². The molecule has 4 aromatic rings. The molecule has 4 rings (SSSR count). The summed E-state index contributed by atoms with van der Waals surface area (Å²) in [5.41, 5.74) is 2.35. The Hall–Kier alpha value is -2.92. The van der Waals surface area contributed by atoms with Crippen LogP contribution in [-0.4, -0.2) is 19.9 Å². The number of hydrogen-bond donors (Lipinski definition) is 0. The van der Waals surface area contributed by atoms with Crippen LogP contribution in [0.2, 0.25) is 0 Å². The van der Waals surface area contributed by atoms with E-state index >= 15 is 0 Å². The van der Waals surface area contributed by atoms with Gasteiger partial charge in [-0.05, 0) is 59.7 Å². The summed E-state index contributed by atoms with van der Waals surface area (Å²) in [6, 6.07) is 17.4. The molecule has 25 heavy (non-hydrogen) atoms. The molecule has 0 saturated carbocycles. The van der Waals surface area contributed by atoms with E-state index in [9.17, 15) is 0 Å². The maximum absolute atomic E-state index is 3.96. The molecule has 124 valence electrons. The van der Waals surface area contributed by atoms with Crippen LogP contribution in [0.4, 0.5) is 0 Å². The van der Waals surface area contributed by atoms with Crippen molar-refractivity contribution < 1.29 is 0 Å². The molecule has 0 spiro atoms. The van der Waals surface area contributed by atoms with Crippen molar-refractivity contribution in [3.8, 4) is 11.1 Å². The second kappa shape index (κ2) is 11.6. The van der Waals surface area contributed by atoms with Gasteiger partial charge < -0.3 is 0 Å². The smallest absolute Gasteiger partial charge is 0.0279 e. The molecule has 4 aromatic heterocycles. The van der Waals surface area contributed by atoms with Crippen LogP contribution in [0, 0.1) is 0 Å². The average molecular weight is 393 g/mol. The molecule has 0 aliphatic carbocycles. The topological polar surface area (TPSA) is 51.6 Å². The van der Waals surface area contributed by atoms with E-state index in [1.54, 1.807) is 49.6 Å². The van der Waals surface area contributed by atoms with Gasteiger partial charge in [0.05, 0.1) is 0 Å². The van der Waals surface area contributed by atoms with Gasteiger partial charge in [0.2, 0.25) is 0 Å². The first-order chi connectivity index (χ1) is 12.4. The SMILES string of the molecule is Brc1ccncc1.c1cc(-c2ccncc2)ccn1.c1ccncc1. The largest absolute Gasteiger partial charge is 0.265 e. The molecule has 0 saturated heterocycles. The lowest BCUT2D eigenvalue weighted by atomic mass is 10.1. The van der Waals surface area contributed by atoms with Gasteiger partial charge in [0.15, 0.2) is 0 Å². The van der Waals surface area contributed by atoms with Crippen LogP contribution in [0.25, 0.3) is 11.1 Å². The van der Waals surface area contributed by atoms with E-state index in [0.717, 1.165) is 4.47 Å². The molecule has 0 aliphatic rings. The number of rotatable bonds is 1. The number of pyridine rings is 4. The van der Waals surface area contributed by atoms with Crippen molar-refractivity contribution in [3.05, 3.63) is 109 Å². The molecule has 4 nitrogen and oxygen atoms in total. The highest BCUT2D eigenvalue weighted by atomic mass is 79.9. The van der Waals surface area contributed by atoms with Gasteiger partial charge in [-0.15, -0.1) is 0 Å². The van der Waals surface area contributed by atoms with Crippen molar-refractivity contribution in [3.63, 3.8) is 0 Å². The molecule has 0 aromatic carbocycles. The van der Waals surface area contributed by atoms with E-state index in [2.05, 4.69) is 35.9 Å². The van der Waals surface area contributed by atoms with Crippen molar-refractivity contribution in [1.29, 1.82) is 0 Å². The summed E-state index contributed by atoms with van der Waals surface area (Å²) < 4.78 is 1.07. The number of aromatic nitrogens is 4. The normalized spacial score (nSPS) is 9.00. The van der Waals surface area contributed by atoms with Crippen molar-refractivity contribution in [2.45, 2.75) is 0 Å². The van der Waals surface area contributed by atoms with Gasteiger partial charge >= 0.3 is 0 Å². The first-order valence-electron chi connectivity index (χ1n) is 7.57. The highest BCUT2D eigenvalue weighted by Crippen LogP contribution is 2.15. The minimum absolute atomic E-state index is 1.07. The standard InChI is InChI=1S/C10H8N2.C5H4BrN.C5H5N/c1-5-11-6-2-9(1)10-3-7-12-8-4-10;6-5-1-3-7-4-2-5;1-2-4-6-5-3-1/h1-8H;1-4H;1-5H. The zero-order chi connectivity index (χ0) is 17.6. The molecule has 0 N–H and O–H groups in total. The maximum atomic E-state index is 3.96. The average Bonchev–Trinajstić information content (AvgIpc) is 2.72. The fourth-order valence-corrected chi connectivity index (χ4v) is 1.97. The van der Waals surface area contributed by atoms with E-state index in [1.165, 1.54) is 11.1 Å². The lowest BCUT2D eigenvalue weighted by Gasteiger charge is -1.97. The van der Waals surface area contributed by atoms with Gasteiger partial charge in [0.25, 0.3) is 0 Å². The molecule has 4 heterocycles. The molecular formula is C20H17BrN4. The fourth-order valence-electron chi connectivity index (χ4n) is 1.74. The third-order valence-corrected chi connectivity index (χ3v) is 3.43. The van der Waals surface area contributed by atoms with Gasteiger partial charge in [-0.3, -0.25) is 19.9 Å². The van der Waals surface area contributed by atoms with E-state index in [4.69, 9.17) is 0 Å². The Morgan fingerprint density at radius 2 is 0.800 bits per heavy atom. The Bertz CT molecular complexity index is 733. The minimum atomic E-state index is 1.07. The maximum Gasteiger partial charge on any atom is 0.0279 e. The van der Waals surface area contributed by atoms with Crippen LogP contribution in [0.15, 0.2) is 109 Å². The van der Waals surface area contributed by atoms with Crippen molar-refractivity contribution >= 4 is 15.9 Å². The summed E-state index contributed by atoms with van der Waals surface area (Å²) in [4.78, 5) is 15.5. The summed E-state index contributed by atoms with van der Waals surface area (Å²) in [7, 11) is 0. The molecule has 0 atom stereocenters. The predicted molar refractivity (Wildman–Crippen MR) is 104 cm³/mol. The fraction of sp³-hybridized carbons (Fsp3) is 0. The molecule has 0 fully saturated rings. The summed E-state index contributed by atoms with van der Waals surface area (Å²) >= 11 is 3.27. The molecule has 0 radical (unpaired) electrons. The highest BCUT2D eigenvalue weighted by molar-refractivity contribution is 9.10. The van der Waals surface area contributed by atoms with Crippen molar-refractivity contribution in [1.82, 2.24) is 19.9 Å². The quantitative estimate of drug-likeness (QED) is 0.453. The summed E-state index contributed by atoms with van der Waals surface area (Å²) in [5.74, 6) is 0. The Kier molecular flexibility index (Phi) is 8.54. The third-order valence-electron chi connectivity index (χ3n) is 2.90. The molecular weight excluding hydrogens is 376 g/mol. The first-order valence-corrected chi connectivity index (χ1v) is 8.36. The number of nitrogens with zero attached hydrogens (tertiary/aromatic N) is 4. The number of halogens is 1. The van der Waals surface area contributed by atoms with Crippen LogP contribution in [-0.2, 0) is 0 Å².